The molecule has 0 radical (unpaired) electrons. The van der Waals surface area contributed by atoms with Gasteiger partial charge in [-0.05, 0) is 119 Å². The molecule has 0 bridgehead atoms. The van der Waals surface area contributed by atoms with Crippen LogP contribution in [0.25, 0.3) is 121 Å². The Balaban J connectivity index is 1.13. The molecule has 0 fully saturated rings. The molecule has 2 aromatic heterocycles. The summed E-state index contributed by atoms with van der Waals surface area (Å²) in [5.74, 6) is 0. The zero-order chi connectivity index (χ0) is 51.5. The number of rotatable bonds is 4. The van der Waals surface area contributed by atoms with Crippen LogP contribution in [0.3, 0.4) is 0 Å². The zero-order valence-corrected chi connectivity index (χ0v) is 29.0. The topological polar surface area (TPSA) is 26.3 Å². The number of benzene rings is 10. The largest absolute Gasteiger partial charge is 0.456 e. The maximum Gasteiger partial charge on any atom is 0.136 e. The molecule has 0 spiro atoms. The van der Waals surface area contributed by atoms with E-state index in [4.69, 9.17) is 23.9 Å². The summed E-state index contributed by atoms with van der Waals surface area (Å²) >= 11 is 0. The van der Waals surface area contributed by atoms with Gasteiger partial charge in [0.1, 0.15) is 22.3 Å². The fraction of sp³-hybridized carbons (Fsp3) is 0. The lowest BCUT2D eigenvalue weighted by molar-refractivity contribution is 0.663. The van der Waals surface area contributed by atoms with Gasteiger partial charge in [-0.3, -0.25) is 0 Å². The van der Waals surface area contributed by atoms with Crippen LogP contribution >= 0.6 is 0 Å². The molecular weight excluding hydrogens is 681 g/mol. The monoisotopic (exact) mass is 729 g/mol. The van der Waals surface area contributed by atoms with Crippen LogP contribution in [-0.4, -0.2) is 0 Å². The van der Waals surface area contributed by atoms with E-state index in [0.29, 0.717) is 16.6 Å². The van der Waals surface area contributed by atoms with Crippen molar-refractivity contribution in [3.05, 3.63) is 194 Å². The molecule has 0 N–H and O–H groups in total. The van der Waals surface area contributed by atoms with E-state index in [1.165, 1.54) is 0 Å². The number of fused-ring (bicyclic) bond motifs is 10. The highest BCUT2D eigenvalue weighted by Gasteiger charge is 2.20. The summed E-state index contributed by atoms with van der Waals surface area (Å²) in [6.45, 7) is 0. The Hall–Kier alpha value is -7.42. The molecule has 2 nitrogen and oxygen atoms in total. The van der Waals surface area contributed by atoms with Crippen molar-refractivity contribution in [3.8, 4) is 44.5 Å². The lowest BCUT2D eigenvalue weighted by Gasteiger charge is -2.20. The van der Waals surface area contributed by atoms with Crippen LogP contribution in [0.1, 0.15) is 23.3 Å². The third-order valence-electron chi connectivity index (χ3n) is 10.5. The molecule has 0 atom stereocenters. The highest BCUT2D eigenvalue weighted by Crippen LogP contribution is 2.47. The normalized spacial score (nSPS) is 16.2. The smallest absolute Gasteiger partial charge is 0.136 e. The van der Waals surface area contributed by atoms with Crippen LogP contribution < -0.4 is 0 Å². The predicted octanol–water partition coefficient (Wildman–Crippen LogP) is 15.6. The Kier molecular flexibility index (Phi) is 4.03. The summed E-state index contributed by atoms with van der Waals surface area (Å²) < 4.78 is 165. The Labute approximate surface area is 346 Å². The average molecular weight is 730 g/mol. The van der Waals surface area contributed by atoms with Crippen molar-refractivity contribution in [1.29, 1.82) is 0 Å². The van der Waals surface area contributed by atoms with Gasteiger partial charge >= 0.3 is 0 Å². The Bertz CT molecular complexity index is 4430. The van der Waals surface area contributed by atoms with Gasteiger partial charge in [0.2, 0.25) is 0 Å². The van der Waals surface area contributed by atoms with Gasteiger partial charge in [-0.25, -0.2) is 0 Å². The van der Waals surface area contributed by atoms with E-state index in [0.717, 1.165) is 49.2 Å². The van der Waals surface area contributed by atoms with Crippen molar-refractivity contribution in [2.45, 2.75) is 0 Å². The molecule has 12 aromatic rings. The third-order valence-corrected chi connectivity index (χ3v) is 10.5. The molecule has 56 heavy (non-hydrogen) atoms. The standard InChI is InChI=1S/C54H32O2/c1-2-12-33(13-3-1)39-14-4-5-15-40(39)52-43-18-8-6-16-41(43)51(42-17-7-9-19-44(42)52)38-25-24-34-30-35(22-23-36(34)31-38)37-26-27-46-50(32-37)56-49-29-28-48-53(54(46)49)45-20-10-11-21-47(45)55-48/h1-32H/i1D,2D,3D,4D,5D,6D,7D,8D,9D,12D,13D,14D,15D,16D,17D,18D,19D. The molecule has 0 aliphatic carbocycles. The molecule has 260 valence electrons. The third kappa shape index (κ3) is 4.63. The molecular formula is C54H32O2. The summed E-state index contributed by atoms with van der Waals surface area (Å²) in [5.41, 5.74) is 2.48. The second-order valence-electron chi connectivity index (χ2n) is 13.5. The van der Waals surface area contributed by atoms with Gasteiger partial charge in [-0.1, -0.05) is 151 Å². The minimum absolute atomic E-state index is 0.0289. The van der Waals surface area contributed by atoms with Crippen LogP contribution in [0, 0.1) is 0 Å². The van der Waals surface area contributed by atoms with E-state index in [1.807, 2.05) is 72.8 Å². The lowest BCUT2D eigenvalue weighted by Crippen LogP contribution is -1.92. The first-order chi connectivity index (χ1) is 34.8. The first kappa shape index (κ1) is 18.8. The van der Waals surface area contributed by atoms with Crippen molar-refractivity contribution in [3.63, 3.8) is 0 Å². The highest BCUT2D eigenvalue weighted by molar-refractivity contribution is 6.26. The lowest BCUT2D eigenvalue weighted by atomic mass is 9.83. The van der Waals surface area contributed by atoms with E-state index in [2.05, 4.69) is 0 Å². The molecule has 0 unspecified atom stereocenters. The number of hydrogen-bond acceptors (Lipinski definition) is 2. The van der Waals surface area contributed by atoms with Gasteiger partial charge in [0.15, 0.2) is 0 Å². The summed E-state index contributed by atoms with van der Waals surface area (Å²) in [5, 5.41) is 3.90. The number of hydrogen-bond donors (Lipinski definition) is 0. The van der Waals surface area contributed by atoms with Crippen LogP contribution in [-0.2, 0) is 0 Å². The minimum atomic E-state index is -0.864. The van der Waals surface area contributed by atoms with Gasteiger partial charge in [0.25, 0.3) is 0 Å². The van der Waals surface area contributed by atoms with Gasteiger partial charge in [-0.2, -0.15) is 0 Å². The summed E-state index contributed by atoms with van der Waals surface area (Å²) in [6, 6.07) is 15.3. The van der Waals surface area contributed by atoms with Crippen molar-refractivity contribution in [2.24, 2.45) is 0 Å². The molecule has 2 heteroatoms. The van der Waals surface area contributed by atoms with Crippen LogP contribution in [0.2, 0.25) is 0 Å². The summed E-state index contributed by atoms with van der Waals surface area (Å²) in [6.07, 6.45) is 0. The average Bonchev–Trinajstić information content (AvgIpc) is 3.97. The molecule has 10 aromatic carbocycles. The van der Waals surface area contributed by atoms with Crippen molar-refractivity contribution >= 4 is 76.2 Å². The first-order valence-corrected chi connectivity index (χ1v) is 17.8. The van der Waals surface area contributed by atoms with E-state index in [9.17, 15) is 8.22 Å². The van der Waals surface area contributed by atoms with Gasteiger partial charge in [0, 0.05) is 21.5 Å². The molecule has 0 saturated carbocycles. The molecule has 0 amide bonds. The summed E-state index contributed by atoms with van der Waals surface area (Å²) in [4.78, 5) is 0. The second kappa shape index (κ2) is 12.0. The van der Waals surface area contributed by atoms with Crippen molar-refractivity contribution in [1.82, 2.24) is 0 Å². The van der Waals surface area contributed by atoms with Crippen molar-refractivity contribution in [2.75, 3.05) is 0 Å². The first-order valence-electron chi connectivity index (χ1n) is 26.3. The van der Waals surface area contributed by atoms with E-state index in [-0.39, 0.29) is 21.9 Å². The molecule has 0 aliphatic rings. The fourth-order valence-corrected chi connectivity index (χ4v) is 8.07. The van der Waals surface area contributed by atoms with Crippen LogP contribution in [0.15, 0.2) is 203 Å². The Morgan fingerprint density at radius 2 is 0.839 bits per heavy atom. The summed E-state index contributed by atoms with van der Waals surface area (Å²) in [7, 11) is 0. The highest BCUT2D eigenvalue weighted by atomic mass is 16.3. The van der Waals surface area contributed by atoms with E-state index < -0.39 is 136 Å². The van der Waals surface area contributed by atoms with Gasteiger partial charge in [0.05, 0.1) is 23.3 Å². The van der Waals surface area contributed by atoms with Crippen molar-refractivity contribution < 1.29 is 32.1 Å². The maximum atomic E-state index is 9.48. The SMILES string of the molecule is [2H]c1c([2H])c([2H])c(-c2c([2H])c([2H])c([2H])c([2H])c2-c2c3c([2H])c([2H])c([2H])c([2H])c3c(-c3ccc4cc(-c5ccc6c(c5)oc5ccc7oc8ccccc8c7c56)ccc4c3)c3c([2H])c([2H])c([2H])c([2H])c23)c([2H])c1[2H]. The zero-order valence-electron chi connectivity index (χ0n) is 46.0. The maximum absolute atomic E-state index is 9.48. The van der Waals surface area contributed by atoms with Gasteiger partial charge < -0.3 is 8.83 Å². The predicted molar refractivity (Wildman–Crippen MR) is 235 cm³/mol. The van der Waals surface area contributed by atoms with Crippen LogP contribution in [0.4, 0.5) is 0 Å². The minimum Gasteiger partial charge on any atom is -0.456 e. The van der Waals surface area contributed by atoms with E-state index >= 15 is 0 Å². The number of para-hydroxylation sites is 1. The molecule has 12 rings (SSSR count). The van der Waals surface area contributed by atoms with Crippen LogP contribution in [0.5, 0.6) is 0 Å². The second-order valence-corrected chi connectivity index (χ2v) is 13.5. The molecule has 2 heterocycles. The quantitative estimate of drug-likeness (QED) is 0.169. The molecule has 0 aliphatic heterocycles. The van der Waals surface area contributed by atoms with Gasteiger partial charge in [-0.15, -0.1) is 0 Å². The number of furan rings is 2. The molecule has 0 saturated heterocycles. The Morgan fingerprint density at radius 1 is 0.321 bits per heavy atom. The Morgan fingerprint density at radius 3 is 1.55 bits per heavy atom. The van der Waals surface area contributed by atoms with E-state index in [1.54, 1.807) is 18.2 Å². The fourth-order valence-electron chi connectivity index (χ4n) is 8.07.